The van der Waals surface area contributed by atoms with E-state index in [-0.39, 0.29) is 12.6 Å². The second kappa shape index (κ2) is 6.84. The standard InChI is InChI=1S/C20H19NO3S/c22-19(20(10-4-5-11-20)15-7-2-1-3-8-15)24-14-16-13-23-18(21-16)17-9-6-12-25-17/h1-3,6-9,12-13H,4-5,10-11,14H2. The first-order valence-corrected chi connectivity index (χ1v) is 9.37. The Hall–Kier alpha value is -2.40. The summed E-state index contributed by atoms with van der Waals surface area (Å²) < 4.78 is 11.1. The van der Waals surface area contributed by atoms with Crippen molar-refractivity contribution >= 4 is 17.3 Å². The van der Waals surface area contributed by atoms with Crippen LogP contribution in [-0.2, 0) is 21.6 Å². The van der Waals surface area contributed by atoms with E-state index in [1.54, 1.807) is 17.6 Å². The molecule has 4 rings (SSSR count). The van der Waals surface area contributed by atoms with Gasteiger partial charge in [0.2, 0.25) is 5.89 Å². The average Bonchev–Trinajstić information content (AvgIpc) is 3.42. The van der Waals surface area contributed by atoms with Crippen LogP contribution in [0.25, 0.3) is 10.8 Å². The van der Waals surface area contributed by atoms with Gasteiger partial charge < -0.3 is 9.15 Å². The molecule has 2 aromatic heterocycles. The molecule has 1 aliphatic rings. The number of thiophene rings is 1. The van der Waals surface area contributed by atoms with Crippen LogP contribution in [0.1, 0.15) is 36.9 Å². The topological polar surface area (TPSA) is 52.3 Å². The third-order valence-corrected chi connectivity index (χ3v) is 5.67. The number of carbonyl (C=O) groups excluding carboxylic acids is 1. The number of benzene rings is 1. The average molecular weight is 353 g/mol. The summed E-state index contributed by atoms with van der Waals surface area (Å²) in [6.07, 6.45) is 5.35. The molecule has 4 nitrogen and oxygen atoms in total. The number of esters is 1. The summed E-state index contributed by atoms with van der Waals surface area (Å²) in [5.41, 5.74) is 1.18. The Labute approximate surface area is 150 Å². The Morgan fingerprint density at radius 2 is 1.96 bits per heavy atom. The van der Waals surface area contributed by atoms with Gasteiger partial charge in [0.25, 0.3) is 0 Å². The van der Waals surface area contributed by atoms with Crippen molar-refractivity contribution < 1.29 is 13.9 Å². The number of oxazole rings is 1. The van der Waals surface area contributed by atoms with Crippen molar-refractivity contribution in [2.75, 3.05) is 0 Å². The van der Waals surface area contributed by atoms with Crippen molar-refractivity contribution in [3.05, 3.63) is 65.4 Å². The molecule has 1 saturated carbocycles. The Morgan fingerprint density at radius 3 is 2.68 bits per heavy atom. The summed E-state index contributed by atoms with van der Waals surface area (Å²) in [6.45, 7) is 0.141. The third kappa shape index (κ3) is 3.12. The molecule has 0 amide bonds. The second-order valence-corrected chi connectivity index (χ2v) is 7.30. The SMILES string of the molecule is O=C(OCc1coc(-c2cccs2)n1)C1(c2ccccc2)CCCC1. The molecule has 0 saturated heterocycles. The molecule has 0 unspecified atom stereocenters. The first kappa shape index (κ1) is 16.1. The van der Waals surface area contributed by atoms with Crippen LogP contribution in [0.2, 0.25) is 0 Å². The van der Waals surface area contributed by atoms with Crippen molar-refractivity contribution in [3.63, 3.8) is 0 Å². The van der Waals surface area contributed by atoms with Gasteiger partial charge in [-0.05, 0) is 29.9 Å². The van der Waals surface area contributed by atoms with E-state index in [0.717, 1.165) is 36.1 Å². The van der Waals surface area contributed by atoms with E-state index < -0.39 is 5.41 Å². The minimum Gasteiger partial charge on any atom is -0.458 e. The molecule has 0 atom stereocenters. The number of hydrogen-bond acceptors (Lipinski definition) is 5. The highest BCUT2D eigenvalue weighted by atomic mass is 32.1. The fraction of sp³-hybridized carbons (Fsp3) is 0.300. The maximum atomic E-state index is 12.9. The van der Waals surface area contributed by atoms with Gasteiger partial charge in [0, 0.05) is 0 Å². The molecule has 1 fully saturated rings. The van der Waals surface area contributed by atoms with Crippen LogP contribution in [-0.4, -0.2) is 11.0 Å². The lowest BCUT2D eigenvalue weighted by molar-refractivity contribution is -0.152. The van der Waals surface area contributed by atoms with Crippen LogP contribution >= 0.6 is 11.3 Å². The largest absolute Gasteiger partial charge is 0.458 e. The van der Waals surface area contributed by atoms with Crippen LogP contribution < -0.4 is 0 Å². The smallest absolute Gasteiger partial charge is 0.316 e. The molecule has 1 aromatic carbocycles. The van der Waals surface area contributed by atoms with Crippen LogP contribution in [0.5, 0.6) is 0 Å². The maximum Gasteiger partial charge on any atom is 0.316 e. The summed E-state index contributed by atoms with van der Waals surface area (Å²) in [5, 5.41) is 1.98. The van der Waals surface area contributed by atoms with Gasteiger partial charge in [-0.3, -0.25) is 4.79 Å². The van der Waals surface area contributed by atoms with Crippen molar-refractivity contribution in [2.24, 2.45) is 0 Å². The zero-order valence-corrected chi connectivity index (χ0v) is 14.6. The quantitative estimate of drug-likeness (QED) is 0.609. The Balaban J connectivity index is 1.48. The summed E-state index contributed by atoms with van der Waals surface area (Å²) in [6, 6.07) is 13.9. The van der Waals surface area contributed by atoms with E-state index in [0.29, 0.717) is 11.6 Å². The number of ether oxygens (including phenoxy) is 1. The van der Waals surface area contributed by atoms with Crippen LogP contribution in [0.3, 0.4) is 0 Å². The second-order valence-electron chi connectivity index (χ2n) is 6.35. The fourth-order valence-electron chi connectivity index (χ4n) is 3.51. The van der Waals surface area contributed by atoms with Gasteiger partial charge in [0.15, 0.2) is 0 Å². The van der Waals surface area contributed by atoms with Crippen LogP contribution in [0.15, 0.2) is 58.5 Å². The predicted molar refractivity (Wildman–Crippen MR) is 96.2 cm³/mol. The zero-order valence-electron chi connectivity index (χ0n) is 13.8. The molecule has 0 bridgehead atoms. The molecular weight excluding hydrogens is 334 g/mol. The molecule has 2 heterocycles. The zero-order chi connectivity index (χ0) is 17.1. The molecule has 128 valence electrons. The summed E-state index contributed by atoms with van der Waals surface area (Å²) in [4.78, 5) is 18.3. The number of rotatable bonds is 5. The van der Waals surface area contributed by atoms with Crippen molar-refractivity contribution in [2.45, 2.75) is 37.7 Å². The Kier molecular flexibility index (Phi) is 4.40. The molecule has 0 spiro atoms. The predicted octanol–water partition coefficient (Wildman–Crippen LogP) is 4.96. The van der Waals surface area contributed by atoms with Gasteiger partial charge in [0.1, 0.15) is 18.6 Å². The highest BCUT2D eigenvalue weighted by Gasteiger charge is 2.44. The molecule has 1 aliphatic carbocycles. The van der Waals surface area contributed by atoms with Gasteiger partial charge in [-0.1, -0.05) is 49.2 Å². The first-order chi connectivity index (χ1) is 12.3. The lowest BCUT2D eigenvalue weighted by atomic mass is 9.79. The van der Waals surface area contributed by atoms with E-state index in [1.165, 1.54) is 0 Å². The van der Waals surface area contributed by atoms with Gasteiger partial charge in [-0.2, -0.15) is 0 Å². The normalized spacial score (nSPS) is 16.0. The number of carbonyl (C=O) groups is 1. The molecule has 25 heavy (non-hydrogen) atoms. The van der Waals surface area contributed by atoms with E-state index in [2.05, 4.69) is 4.98 Å². The van der Waals surface area contributed by atoms with E-state index in [9.17, 15) is 4.79 Å². The fourth-order valence-corrected chi connectivity index (χ4v) is 4.17. The Morgan fingerprint density at radius 1 is 1.16 bits per heavy atom. The van der Waals surface area contributed by atoms with Gasteiger partial charge in [-0.25, -0.2) is 4.98 Å². The number of hydrogen-bond donors (Lipinski definition) is 0. The number of nitrogens with zero attached hydrogens (tertiary/aromatic N) is 1. The third-order valence-electron chi connectivity index (χ3n) is 4.81. The molecule has 3 aromatic rings. The lowest BCUT2D eigenvalue weighted by Gasteiger charge is -2.27. The Bertz CT molecular complexity index is 833. The minimum absolute atomic E-state index is 0.141. The van der Waals surface area contributed by atoms with Crippen LogP contribution in [0, 0.1) is 0 Å². The molecule has 5 heteroatoms. The lowest BCUT2D eigenvalue weighted by Crippen LogP contribution is -2.34. The minimum atomic E-state index is -0.512. The van der Waals surface area contributed by atoms with Gasteiger partial charge in [0.05, 0.1) is 10.3 Å². The summed E-state index contributed by atoms with van der Waals surface area (Å²) in [7, 11) is 0. The number of aromatic nitrogens is 1. The maximum absolute atomic E-state index is 12.9. The molecule has 0 radical (unpaired) electrons. The molecular formula is C20H19NO3S. The van der Waals surface area contributed by atoms with Crippen LogP contribution in [0.4, 0.5) is 0 Å². The highest BCUT2D eigenvalue weighted by Crippen LogP contribution is 2.42. The van der Waals surface area contributed by atoms with E-state index >= 15 is 0 Å². The summed E-state index contributed by atoms with van der Waals surface area (Å²) >= 11 is 1.57. The van der Waals surface area contributed by atoms with Crippen molar-refractivity contribution in [3.8, 4) is 10.8 Å². The summed E-state index contributed by atoms with van der Waals surface area (Å²) in [5.74, 6) is 0.413. The van der Waals surface area contributed by atoms with Crippen molar-refractivity contribution in [1.29, 1.82) is 0 Å². The van der Waals surface area contributed by atoms with Gasteiger partial charge >= 0.3 is 5.97 Å². The van der Waals surface area contributed by atoms with E-state index in [4.69, 9.17) is 9.15 Å². The molecule has 0 aliphatic heterocycles. The monoisotopic (exact) mass is 353 g/mol. The first-order valence-electron chi connectivity index (χ1n) is 8.49. The van der Waals surface area contributed by atoms with Gasteiger partial charge in [-0.15, -0.1) is 11.3 Å². The molecule has 0 N–H and O–H groups in total. The van der Waals surface area contributed by atoms with E-state index in [1.807, 2.05) is 47.8 Å². The highest BCUT2D eigenvalue weighted by molar-refractivity contribution is 7.13. The van der Waals surface area contributed by atoms with Crippen molar-refractivity contribution in [1.82, 2.24) is 4.98 Å².